The van der Waals surface area contributed by atoms with E-state index in [0.29, 0.717) is 19.6 Å². The van der Waals surface area contributed by atoms with Crippen molar-refractivity contribution < 1.29 is 9.59 Å². The molecule has 1 N–H and O–H groups in total. The normalized spacial score (nSPS) is 19.8. The van der Waals surface area contributed by atoms with Crippen molar-refractivity contribution in [2.45, 2.75) is 32.4 Å². The summed E-state index contributed by atoms with van der Waals surface area (Å²) < 4.78 is 1.68. The van der Waals surface area contributed by atoms with Crippen molar-refractivity contribution >= 4 is 11.8 Å². The van der Waals surface area contributed by atoms with Crippen molar-refractivity contribution in [2.75, 3.05) is 13.1 Å². The molecule has 2 rings (SSSR count). The fraction of sp³-hybridized carbons (Fsp3) is 0.636. The van der Waals surface area contributed by atoms with Crippen LogP contribution in [-0.4, -0.2) is 50.8 Å². The van der Waals surface area contributed by atoms with Gasteiger partial charge in [-0.2, -0.15) is 0 Å². The molecule has 1 aromatic rings. The molecule has 1 aliphatic rings. The van der Waals surface area contributed by atoms with Gasteiger partial charge in [0.05, 0.1) is 25.2 Å². The molecule has 0 bridgehead atoms. The summed E-state index contributed by atoms with van der Waals surface area (Å²) in [6.45, 7) is 3.68. The molecule has 1 fully saturated rings. The molecule has 0 spiro atoms. The van der Waals surface area contributed by atoms with E-state index in [9.17, 15) is 9.59 Å². The summed E-state index contributed by atoms with van der Waals surface area (Å²) in [6, 6.07) is -0.382. The summed E-state index contributed by atoms with van der Waals surface area (Å²) >= 11 is 0. The molecular weight excluding hydrogens is 234 g/mol. The standard InChI is InChI=1S/C11H17N5O2/c1-2-5-16-10(17)8-9(11(16)18)12-3-6-15-7-4-13-14-15/h4,7,9,12H,2-3,5-6,8H2,1H3. The van der Waals surface area contributed by atoms with E-state index < -0.39 is 0 Å². The van der Waals surface area contributed by atoms with Gasteiger partial charge in [-0.05, 0) is 6.42 Å². The van der Waals surface area contributed by atoms with Crippen molar-refractivity contribution in [1.29, 1.82) is 0 Å². The zero-order valence-corrected chi connectivity index (χ0v) is 10.4. The van der Waals surface area contributed by atoms with Gasteiger partial charge in [0, 0.05) is 19.3 Å². The minimum atomic E-state index is -0.382. The highest BCUT2D eigenvalue weighted by Crippen LogP contribution is 2.13. The van der Waals surface area contributed by atoms with E-state index >= 15 is 0 Å². The molecule has 0 aliphatic carbocycles. The molecule has 0 radical (unpaired) electrons. The fourth-order valence-electron chi connectivity index (χ4n) is 2.01. The zero-order valence-electron chi connectivity index (χ0n) is 10.4. The lowest BCUT2D eigenvalue weighted by atomic mass is 10.2. The Morgan fingerprint density at radius 2 is 2.28 bits per heavy atom. The molecule has 18 heavy (non-hydrogen) atoms. The van der Waals surface area contributed by atoms with Crippen LogP contribution in [0.3, 0.4) is 0 Å². The number of aromatic nitrogens is 3. The summed E-state index contributed by atoms with van der Waals surface area (Å²) in [4.78, 5) is 24.9. The average Bonchev–Trinajstić information content (AvgIpc) is 2.94. The summed E-state index contributed by atoms with van der Waals surface area (Å²) in [5.74, 6) is -0.194. The summed E-state index contributed by atoms with van der Waals surface area (Å²) in [5, 5.41) is 10.6. The molecule has 1 saturated heterocycles. The molecule has 7 heteroatoms. The largest absolute Gasteiger partial charge is 0.304 e. The highest BCUT2D eigenvalue weighted by atomic mass is 16.2. The maximum absolute atomic E-state index is 11.9. The van der Waals surface area contributed by atoms with Crippen LogP contribution in [0, 0.1) is 0 Å². The van der Waals surface area contributed by atoms with Crippen LogP contribution < -0.4 is 5.32 Å². The number of rotatable bonds is 6. The lowest BCUT2D eigenvalue weighted by Gasteiger charge is -2.14. The first kappa shape index (κ1) is 12.7. The third kappa shape index (κ3) is 2.73. The van der Waals surface area contributed by atoms with Gasteiger partial charge >= 0.3 is 0 Å². The van der Waals surface area contributed by atoms with Crippen LogP contribution in [-0.2, 0) is 16.1 Å². The molecule has 1 unspecified atom stereocenters. The van der Waals surface area contributed by atoms with E-state index in [1.54, 1.807) is 17.1 Å². The number of carbonyl (C=O) groups excluding carboxylic acids is 2. The van der Waals surface area contributed by atoms with Gasteiger partial charge in [0.25, 0.3) is 0 Å². The first-order valence-electron chi connectivity index (χ1n) is 6.14. The van der Waals surface area contributed by atoms with Crippen LogP contribution >= 0.6 is 0 Å². The first-order valence-corrected chi connectivity index (χ1v) is 6.14. The summed E-state index contributed by atoms with van der Waals surface area (Å²) in [5.41, 5.74) is 0. The van der Waals surface area contributed by atoms with Gasteiger partial charge in [-0.25, -0.2) is 0 Å². The predicted molar refractivity (Wildman–Crippen MR) is 63.4 cm³/mol. The number of likely N-dealkylation sites (tertiary alicyclic amines) is 1. The van der Waals surface area contributed by atoms with Gasteiger partial charge in [-0.3, -0.25) is 19.2 Å². The minimum Gasteiger partial charge on any atom is -0.304 e. The van der Waals surface area contributed by atoms with Crippen LogP contribution in [0.5, 0.6) is 0 Å². The van der Waals surface area contributed by atoms with Crippen LogP contribution in [0.15, 0.2) is 12.4 Å². The number of hydrogen-bond acceptors (Lipinski definition) is 5. The Hall–Kier alpha value is -1.76. The third-order valence-electron chi connectivity index (χ3n) is 2.89. The second kappa shape index (κ2) is 5.72. The minimum absolute atomic E-state index is 0.0832. The van der Waals surface area contributed by atoms with Crippen LogP contribution in [0.2, 0.25) is 0 Å². The van der Waals surface area contributed by atoms with Gasteiger partial charge in [0.1, 0.15) is 0 Å². The molecule has 98 valence electrons. The molecule has 0 aromatic carbocycles. The smallest absolute Gasteiger partial charge is 0.246 e. The highest BCUT2D eigenvalue weighted by molar-refractivity contribution is 6.05. The van der Waals surface area contributed by atoms with E-state index in [-0.39, 0.29) is 24.3 Å². The lowest BCUT2D eigenvalue weighted by Crippen LogP contribution is -2.40. The van der Waals surface area contributed by atoms with E-state index in [1.165, 1.54) is 4.90 Å². The summed E-state index contributed by atoms with van der Waals surface area (Å²) in [6.07, 6.45) is 4.42. The van der Waals surface area contributed by atoms with Gasteiger partial charge in [0.2, 0.25) is 11.8 Å². The maximum atomic E-state index is 11.9. The van der Waals surface area contributed by atoms with Crippen molar-refractivity contribution in [3.05, 3.63) is 12.4 Å². The number of imide groups is 1. The van der Waals surface area contributed by atoms with Crippen molar-refractivity contribution in [3.8, 4) is 0 Å². The molecule has 2 amide bonds. The average molecular weight is 251 g/mol. The monoisotopic (exact) mass is 251 g/mol. The van der Waals surface area contributed by atoms with Crippen molar-refractivity contribution in [3.63, 3.8) is 0 Å². The molecule has 1 aromatic heterocycles. The Morgan fingerprint density at radius 1 is 1.44 bits per heavy atom. The quantitative estimate of drug-likeness (QED) is 0.683. The zero-order chi connectivity index (χ0) is 13.0. The number of carbonyl (C=O) groups is 2. The molecule has 2 heterocycles. The molecular formula is C11H17N5O2. The third-order valence-corrected chi connectivity index (χ3v) is 2.89. The Morgan fingerprint density at radius 3 is 2.94 bits per heavy atom. The van der Waals surface area contributed by atoms with E-state index in [0.717, 1.165) is 6.42 Å². The van der Waals surface area contributed by atoms with Crippen LogP contribution in [0.1, 0.15) is 19.8 Å². The maximum Gasteiger partial charge on any atom is 0.246 e. The Bertz CT molecular complexity index is 417. The first-order chi connectivity index (χ1) is 8.72. The SMILES string of the molecule is CCCN1C(=O)CC(NCCn2ccnn2)C1=O. The number of nitrogens with zero attached hydrogens (tertiary/aromatic N) is 4. The highest BCUT2D eigenvalue weighted by Gasteiger charge is 2.37. The van der Waals surface area contributed by atoms with E-state index in [1.807, 2.05) is 6.92 Å². The predicted octanol–water partition coefficient (Wildman–Crippen LogP) is -0.595. The molecule has 0 saturated carbocycles. The summed E-state index contributed by atoms with van der Waals surface area (Å²) in [7, 11) is 0. The number of nitrogens with one attached hydrogen (secondary N) is 1. The van der Waals surface area contributed by atoms with Crippen molar-refractivity contribution in [1.82, 2.24) is 25.2 Å². The fourth-order valence-corrected chi connectivity index (χ4v) is 2.01. The molecule has 1 aliphatic heterocycles. The lowest BCUT2D eigenvalue weighted by molar-refractivity contribution is -0.138. The van der Waals surface area contributed by atoms with Crippen LogP contribution in [0.25, 0.3) is 0 Å². The second-order valence-electron chi connectivity index (χ2n) is 4.26. The second-order valence-corrected chi connectivity index (χ2v) is 4.26. The van der Waals surface area contributed by atoms with E-state index in [4.69, 9.17) is 0 Å². The number of hydrogen-bond donors (Lipinski definition) is 1. The number of amides is 2. The van der Waals surface area contributed by atoms with Gasteiger partial charge in [-0.1, -0.05) is 12.1 Å². The van der Waals surface area contributed by atoms with Gasteiger partial charge in [0.15, 0.2) is 0 Å². The Kier molecular flexibility index (Phi) is 4.03. The molecule has 7 nitrogen and oxygen atoms in total. The molecule has 1 atom stereocenters. The van der Waals surface area contributed by atoms with Gasteiger partial charge in [-0.15, -0.1) is 5.10 Å². The Balaban J connectivity index is 1.80. The van der Waals surface area contributed by atoms with Crippen LogP contribution in [0.4, 0.5) is 0 Å². The van der Waals surface area contributed by atoms with Crippen molar-refractivity contribution in [2.24, 2.45) is 0 Å². The van der Waals surface area contributed by atoms with Gasteiger partial charge < -0.3 is 5.32 Å². The Labute approximate surface area is 105 Å². The van der Waals surface area contributed by atoms with E-state index in [2.05, 4.69) is 15.6 Å². The topological polar surface area (TPSA) is 80.1 Å².